The van der Waals surface area contributed by atoms with E-state index < -0.39 is 17.8 Å². The van der Waals surface area contributed by atoms with Crippen molar-refractivity contribution in [1.29, 1.82) is 0 Å². The molecule has 0 fully saturated rings. The molecule has 76 valence electrons. The van der Waals surface area contributed by atoms with Crippen LogP contribution in [0.4, 0.5) is 4.39 Å². The van der Waals surface area contributed by atoms with Crippen LogP contribution in [0.3, 0.4) is 0 Å². The van der Waals surface area contributed by atoms with Crippen LogP contribution in [-0.4, -0.2) is 16.2 Å². The number of carboxylic acid groups (broad SMARTS) is 1. The summed E-state index contributed by atoms with van der Waals surface area (Å²) in [6.07, 6.45) is 0. The molecule has 1 atom stereocenters. The fourth-order valence-corrected chi connectivity index (χ4v) is 1.13. The van der Waals surface area contributed by atoms with Crippen LogP contribution < -0.4 is 5.73 Å². The Morgan fingerprint density at radius 3 is 2.64 bits per heavy atom. The van der Waals surface area contributed by atoms with Gasteiger partial charge in [0.25, 0.3) is 0 Å². The minimum absolute atomic E-state index is 0.116. The number of aromatic hydroxyl groups is 1. The first kappa shape index (κ1) is 10.5. The van der Waals surface area contributed by atoms with E-state index in [0.29, 0.717) is 0 Å². The largest absolute Gasteiger partial charge is 0.507 e. The van der Waals surface area contributed by atoms with Crippen molar-refractivity contribution in [2.24, 2.45) is 5.73 Å². The van der Waals surface area contributed by atoms with E-state index in [2.05, 4.69) is 0 Å². The highest BCUT2D eigenvalue weighted by molar-refractivity contribution is 5.76. The molecule has 0 heterocycles. The lowest BCUT2D eigenvalue weighted by Crippen LogP contribution is -2.21. The van der Waals surface area contributed by atoms with Crippen molar-refractivity contribution >= 4 is 5.97 Å². The maximum atomic E-state index is 12.9. The van der Waals surface area contributed by atoms with Gasteiger partial charge in [0.2, 0.25) is 0 Å². The van der Waals surface area contributed by atoms with Crippen molar-refractivity contribution in [3.63, 3.8) is 0 Å². The molecule has 4 N–H and O–H groups in total. The Kier molecular flexibility index (Phi) is 2.71. The molecule has 1 aromatic carbocycles. The van der Waals surface area contributed by atoms with E-state index >= 15 is 0 Å². The van der Waals surface area contributed by atoms with Gasteiger partial charge >= 0.3 is 5.97 Å². The van der Waals surface area contributed by atoms with Gasteiger partial charge in [-0.1, -0.05) is 0 Å². The summed E-state index contributed by atoms with van der Waals surface area (Å²) < 4.78 is 12.9. The lowest BCUT2D eigenvalue weighted by Gasteiger charge is -2.10. The molecule has 0 aliphatic carbocycles. The van der Waals surface area contributed by atoms with Gasteiger partial charge in [-0.2, -0.15) is 0 Å². The van der Waals surface area contributed by atoms with E-state index in [0.717, 1.165) is 12.1 Å². The lowest BCUT2D eigenvalue weighted by molar-refractivity contribution is -0.138. The van der Waals surface area contributed by atoms with Crippen molar-refractivity contribution in [3.05, 3.63) is 29.1 Å². The van der Waals surface area contributed by atoms with Crippen molar-refractivity contribution in [1.82, 2.24) is 0 Å². The standard InChI is InChI=1S/C9H10FNO3/c1-4-2-5(10)3-6(8(4)12)7(11)9(13)14/h2-3,7,12H,11H2,1H3,(H,13,14)/t7-/m1/s1. The molecule has 0 amide bonds. The first-order valence-corrected chi connectivity index (χ1v) is 3.91. The van der Waals surface area contributed by atoms with Gasteiger partial charge in [-0.3, -0.25) is 4.79 Å². The second-order valence-electron chi connectivity index (χ2n) is 2.98. The second-order valence-corrected chi connectivity index (χ2v) is 2.98. The van der Waals surface area contributed by atoms with E-state index in [1.165, 1.54) is 6.92 Å². The molecule has 0 radical (unpaired) electrons. The zero-order valence-electron chi connectivity index (χ0n) is 7.49. The van der Waals surface area contributed by atoms with Crippen molar-refractivity contribution in [2.45, 2.75) is 13.0 Å². The second kappa shape index (κ2) is 3.63. The van der Waals surface area contributed by atoms with Gasteiger partial charge < -0.3 is 15.9 Å². The summed E-state index contributed by atoms with van der Waals surface area (Å²) in [7, 11) is 0. The molecule has 0 saturated heterocycles. The molecule has 1 aromatic rings. The molecule has 1 rings (SSSR count). The number of phenols is 1. The van der Waals surface area contributed by atoms with E-state index in [-0.39, 0.29) is 16.9 Å². The number of hydrogen-bond donors (Lipinski definition) is 3. The molecule has 0 aromatic heterocycles. The van der Waals surface area contributed by atoms with Gasteiger partial charge in [0, 0.05) is 5.56 Å². The monoisotopic (exact) mass is 199 g/mol. The maximum absolute atomic E-state index is 12.9. The van der Waals surface area contributed by atoms with Gasteiger partial charge in [-0.15, -0.1) is 0 Å². The fraction of sp³-hybridized carbons (Fsp3) is 0.222. The fourth-order valence-electron chi connectivity index (χ4n) is 1.13. The summed E-state index contributed by atoms with van der Waals surface area (Å²) in [5, 5.41) is 18.0. The van der Waals surface area contributed by atoms with Gasteiger partial charge in [0.15, 0.2) is 0 Å². The van der Waals surface area contributed by atoms with Crippen molar-refractivity contribution < 1.29 is 19.4 Å². The number of carbonyl (C=O) groups is 1. The predicted octanol–water partition coefficient (Wildman–Crippen LogP) is 0.924. The predicted molar refractivity (Wildman–Crippen MR) is 47.4 cm³/mol. The summed E-state index contributed by atoms with van der Waals surface area (Å²) >= 11 is 0. The van der Waals surface area contributed by atoms with Crippen LogP contribution in [-0.2, 0) is 4.79 Å². The number of hydrogen-bond acceptors (Lipinski definition) is 3. The van der Waals surface area contributed by atoms with Gasteiger partial charge in [0.05, 0.1) is 0 Å². The Labute approximate surface area is 79.8 Å². The highest BCUT2D eigenvalue weighted by Gasteiger charge is 2.20. The Bertz CT molecular complexity index is 379. The summed E-state index contributed by atoms with van der Waals surface area (Å²) in [5.41, 5.74) is 5.40. The van der Waals surface area contributed by atoms with E-state index in [1.54, 1.807) is 0 Å². The van der Waals surface area contributed by atoms with Gasteiger partial charge in [-0.05, 0) is 24.6 Å². The number of aliphatic carboxylic acids is 1. The third-order valence-corrected chi connectivity index (χ3v) is 1.90. The smallest absolute Gasteiger partial charge is 0.325 e. The van der Waals surface area contributed by atoms with Crippen LogP contribution in [0.2, 0.25) is 0 Å². The Hall–Kier alpha value is -1.62. The molecule has 0 bridgehead atoms. The van der Waals surface area contributed by atoms with Crippen LogP contribution in [0, 0.1) is 12.7 Å². The molecule has 0 unspecified atom stereocenters. The zero-order chi connectivity index (χ0) is 10.9. The van der Waals surface area contributed by atoms with Crippen LogP contribution in [0.25, 0.3) is 0 Å². The molecule has 0 aliphatic rings. The van der Waals surface area contributed by atoms with Crippen molar-refractivity contribution in [2.75, 3.05) is 0 Å². The minimum Gasteiger partial charge on any atom is -0.507 e. The van der Waals surface area contributed by atoms with Crippen LogP contribution in [0.1, 0.15) is 17.2 Å². The number of carboxylic acids is 1. The van der Waals surface area contributed by atoms with Crippen LogP contribution >= 0.6 is 0 Å². The summed E-state index contributed by atoms with van der Waals surface area (Å²) in [6.45, 7) is 1.47. The highest BCUT2D eigenvalue weighted by atomic mass is 19.1. The number of aryl methyl sites for hydroxylation is 1. The summed E-state index contributed by atoms with van der Waals surface area (Å²) in [5.74, 6) is -2.21. The Morgan fingerprint density at radius 1 is 1.57 bits per heavy atom. The Balaban J connectivity index is 3.26. The average molecular weight is 199 g/mol. The maximum Gasteiger partial charge on any atom is 0.325 e. The molecule has 0 aliphatic heterocycles. The SMILES string of the molecule is Cc1cc(F)cc([C@@H](N)C(=O)O)c1O. The molecule has 14 heavy (non-hydrogen) atoms. The zero-order valence-corrected chi connectivity index (χ0v) is 7.49. The van der Waals surface area contributed by atoms with Gasteiger partial charge in [0.1, 0.15) is 17.6 Å². The number of nitrogens with two attached hydrogens (primary N) is 1. The molecular formula is C9H10FNO3. The van der Waals surface area contributed by atoms with E-state index in [4.69, 9.17) is 10.8 Å². The molecular weight excluding hydrogens is 189 g/mol. The summed E-state index contributed by atoms with van der Waals surface area (Å²) in [6, 6.07) is 0.610. The van der Waals surface area contributed by atoms with Crippen molar-refractivity contribution in [3.8, 4) is 5.75 Å². The first-order valence-electron chi connectivity index (χ1n) is 3.91. The molecule has 0 saturated carbocycles. The number of benzene rings is 1. The molecule has 5 heteroatoms. The van der Waals surface area contributed by atoms with Gasteiger partial charge in [-0.25, -0.2) is 4.39 Å². The van der Waals surface area contributed by atoms with Crippen LogP contribution in [0.5, 0.6) is 5.75 Å². The number of rotatable bonds is 2. The molecule has 4 nitrogen and oxygen atoms in total. The Morgan fingerprint density at radius 2 is 2.14 bits per heavy atom. The highest BCUT2D eigenvalue weighted by Crippen LogP contribution is 2.27. The lowest BCUT2D eigenvalue weighted by atomic mass is 10.0. The third kappa shape index (κ3) is 1.82. The normalized spacial score (nSPS) is 12.5. The number of halogens is 1. The first-order chi connectivity index (χ1) is 6.43. The van der Waals surface area contributed by atoms with Crippen LogP contribution in [0.15, 0.2) is 12.1 Å². The average Bonchev–Trinajstić information content (AvgIpc) is 2.09. The quantitative estimate of drug-likeness (QED) is 0.661. The molecule has 0 spiro atoms. The third-order valence-electron chi connectivity index (χ3n) is 1.90. The summed E-state index contributed by atoms with van der Waals surface area (Å²) in [4.78, 5) is 10.5. The topological polar surface area (TPSA) is 83.6 Å². The minimum atomic E-state index is -1.41. The van der Waals surface area contributed by atoms with E-state index in [9.17, 15) is 14.3 Å². The van der Waals surface area contributed by atoms with E-state index in [1.807, 2.05) is 0 Å². The number of phenolic OH excluding ortho intramolecular Hbond substituents is 1.